The van der Waals surface area contributed by atoms with Gasteiger partial charge in [-0.1, -0.05) is 81.1 Å². The zero-order chi connectivity index (χ0) is 50.3. The molecule has 14 rings (SSSR count). The lowest BCUT2D eigenvalue weighted by Gasteiger charge is -2.35. The summed E-state index contributed by atoms with van der Waals surface area (Å²) in [6.45, 7) is 2.47. The van der Waals surface area contributed by atoms with Gasteiger partial charge in [-0.15, -0.1) is 0 Å². The average Bonchev–Trinajstić information content (AvgIpc) is 4.22. The molecule has 15 nitrogen and oxygen atoms in total. The van der Waals surface area contributed by atoms with Crippen LogP contribution in [0, 0.1) is 11.8 Å². The van der Waals surface area contributed by atoms with Crippen molar-refractivity contribution in [3.63, 3.8) is 0 Å². The van der Waals surface area contributed by atoms with Crippen LogP contribution in [0.2, 0.25) is 0 Å². The van der Waals surface area contributed by atoms with Gasteiger partial charge in [-0.05, 0) is 144 Å². The van der Waals surface area contributed by atoms with E-state index in [4.69, 9.17) is 24.2 Å². The maximum Gasteiger partial charge on any atom is 0.407 e. The SMILES string of the molecule is COCC(NC=O)C(=O)N1C(c2nc3ccc(-c4cc5ccc4C[C@@H](C)c4ccc(c(-c6ccc7nc(C8CC9CCCCC9N8C(=O)C(COC)NC(=O)OC)[nH]c7c6)c4)CC5)cc3[nH]2)CC2CCCCC21. The molecular formula is C58H68N8O7. The van der Waals surface area contributed by atoms with Gasteiger partial charge in [0.1, 0.15) is 23.7 Å². The summed E-state index contributed by atoms with van der Waals surface area (Å²) in [4.78, 5) is 74.1. The molecule has 9 atom stereocenters. The van der Waals surface area contributed by atoms with Crippen molar-refractivity contribution in [2.75, 3.05) is 34.5 Å². The van der Waals surface area contributed by atoms with Gasteiger partial charge in [-0.25, -0.2) is 14.8 Å². The number of rotatable bonds is 13. The molecule has 4 aromatic carbocycles. The van der Waals surface area contributed by atoms with E-state index in [9.17, 15) is 19.2 Å². The van der Waals surface area contributed by atoms with Crippen LogP contribution in [-0.2, 0) is 47.9 Å². The van der Waals surface area contributed by atoms with E-state index in [1.54, 1.807) is 7.11 Å². The smallest absolute Gasteiger partial charge is 0.407 e. The minimum atomic E-state index is -0.872. The first-order valence-electron chi connectivity index (χ1n) is 26.5. The summed E-state index contributed by atoms with van der Waals surface area (Å²) in [6, 6.07) is 25.1. The van der Waals surface area contributed by atoms with E-state index >= 15 is 0 Å². The van der Waals surface area contributed by atoms with Crippen LogP contribution in [0.4, 0.5) is 4.79 Å². The van der Waals surface area contributed by atoms with Gasteiger partial charge in [0.15, 0.2) is 0 Å². The molecule has 15 heteroatoms. The fourth-order valence-electron chi connectivity index (χ4n) is 13.4. The second-order valence-electron chi connectivity index (χ2n) is 21.4. The molecule has 4 fully saturated rings. The van der Waals surface area contributed by atoms with E-state index in [1.165, 1.54) is 47.6 Å². The van der Waals surface area contributed by atoms with E-state index < -0.39 is 18.2 Å². The lowest BCUT2D eigenvalue weighted by atomic mass is 9.84. The molecule has 4 bridgehead atoms. The Morgan fingerprint density at radius 3 is 1.84 bits per heavy atom. The number of imidazole rings is 2. The van der Waals surface area contributed by atoms with Crippen molar-refractivity contribution in [2.45, 2.75) is 133 Å². The van der Waals surface area contributed by atoms with Crippen LogP contribution >= 0.6 is 0 Å². The molecule has 0 spiro atoms. The number of aromatic amines is 2. The van der Waals surface area contributed by atoms with Gasteiger partial charge in [-0.2, -0.15) is 0 Å². The van der Waals surface area contributed by atoms with Gasteiger partial charge < -0.3 is 44.6 Å². The number of hydrogen-bond acceptors (Lipinski definition) is 9. The number of hydrogen-bond donors (Lipinski definition) is 4. The third kappa shape index (κ3) is 9.39. The number of likely N-dealkylation sites (tertiary alicyclic amines) is 2. The minimum absolute atomic E-state index is 0.0429. The monoisotopic (exact) mass is 989 g/mol. The molecule has 4 heterocycles. The molecule has 4 N–H and O–H groups in total. The summed E-state index contributed by atoms with van der Waals surface area (Å²) in [5, 5.41) is 5.43. The molecule has 8 aliphatic rings. The number of fused-ring (bicyclic) bond motifs is 4. The lowest BCUT2D eigenvalue weighted by molar-refractivity contribution is -0.140. The number of H-pyrrole nitrogens is 2. The van der Waals surface area contributed by atoms with Crippen LogP contribution < -0.4 is 10.6 Å². The number of carbonyl (C=O) groups is 4. The van der Waals surface area contributed by atoms with Crippen molar-refractivity contribution in [1.82, 2.24) is 40.4 Å². The van der Waals surface area contributed by atoms with Crippen LogP contribution in [-0.4, -0.2) is 113 Å². The first-order chi connectivity index (χ1) is 35.6. The summed E-state index contributed by atoms with van der Waals surface area (Å²) in [6.07, 6.45) is 12.6. The molecule has 8 unspecified atom stereocenters. The summed E-state index contributed by atoms with van der Waals surface area (Å²) in [5.74, 6) is 2.25. The molecule has 2 aliphatic heterocycles. The Balaban J connectivity index is 0.862. The Bertz CT molecular complexity index is 3040. The Morgan fingerprint density at radius 1 is 0.685 bits per heavy atom. The Labute approximate surface area is 426 Å². The molecule has 2 saturated carbocycles. The van der Waals surface area contributed by atoms with Crippen LogP contribution in [0.1, 0.15) is 123 Å². The van der Waals surface area contributed by atoms with E-state index in [-0.39, 0.29) is 55.1 Å². The number of aromatic nitrogens is 4. The Morgan fingerprint density at radius 2 is 1.25 bits per heavy atom. The molecule has 73 heavy (non-hydrogen) atoms. The average molecular weight is 989 g/mol. The van der Waals surface area contributed by atoms with Crippen molar-refractivity contribution in [3.05, 3.63) is 107 Å². The second kappa shape index (κ2) is 20.7. The van der Waals surface area contributed by atoms with Gasteiger partial charge in [0, 0.05) is 26.3 Å². The molecule has 6 aromatic rings. The van der Waals surface area contributed by atoms with Crippen molar-refractivity contribution in [1.29, 1.82) is 0 Å². The van der Waals surface area contributed by atoms with E-state index in [2.05, 4.69) is 100 Å². The quantitative estimate of drug-likeness (QED) is 0.0821. The van der Waals surface area contributed by atoms with Gasteiger partial charge in [-0.3, -0.25) is 14.4 Å². The zero-order valence-corrected chi connectivity index (χ0v) is 42.5. The third-order valence-electron chi connectivity index (χ3n) is 17.0. The first-order valence-corrected chi connectivity index (χ1v) is 26.5. The van der Waals surface area contributed by atoms with E-state index in [1.807, 2.05) is 9.80 Å². The number of nitrogens with zero attached hydrogens (tertiary/aromatic N) is 4. The summed E-state index contributed by atoms with van der Waals surface area (Å²) >= 11 is 0. The highest BCUT2D eigenvalue weighted by Gasteiger charge is 2.49. The van der Waals surface area contributed by atoms with Gasteiger partial charge in [0.2, 0.25) is 18.2 Å². The number of alkyl carbamates (subject to hydrolysis) is 1. The van der Waals surface area contributed by atoms with Gasteiger partial charge in [0.25, 0.3) is 0 Å². The van der Waals surface area contributed by atoms with Crippen molar-refractivity contribution < 1.29 is 33.4 Å². The van der Waals surface area contributed by atoms with Crippen molar-refractivity contribution in [3.8, 4) is 22.3 Å². The minimum Gasteiger partial charge on any atom is -0.453 e. The molecule has 2 saturated heterocycles. The Hall–Kier alpha value is -6.58. The number of ether oxygens (including phenoxy) is 3. The number of nitrogens with one attached hydrogen (secondary N) is 4. The van der Waals surface area contributed by atoms with Gasteiger partial charge >= 0.3 is 6.09 Å². The summed E-state index contributed by atoms with van der Waals surface area (Å²) in [7, 11) is 4.38. The third-order valence-corrected chi connectivity index (χ3v) is 17.0. The largest absolute Gasteiger partial charge is 0.453 e. The first kappa shape index (κ1) is 48.7. The molecule has 2 aromatic heterocycles. The summed E-state index contributed by atoms with van der Waals surface area (Å²) < 4.78 is 15.7. The number of amides is 4. The Kier molecular flexibility index (Phi) is 13.8. The van der Waals surface area contributed by atoms with E-state index in [0.29, 0.717) is 18.2 Å². The number of aryl methyl sites for hydroxylation is 2. The highest BCUT2D eigenvalue weighted by atomic mass is 16.5. The van der Waals surface area contributed by atoms with Crippen LogP contribution in [0.3, 0.4) is 0 Å². The van der Waals surface area contributed by atoms with Crippen molar-refractivity contribution in [2.24, 2.45) is 11.8 Å². The fourth-order valence-corrected chi connectivity index (χ4v) is 13.4. The highest BCUT2D eigenvalue weighted by molar-refractivity contribution is 5.88. The molecular weight excluding hydrogens is 921 g/mol. The molecule has 0 radical (unpaired) electrons. The lowest BCUT2D eigenvalue weighted by Crippen LogP contribution is -2.53. The van der Waals surface area contributed by atoms with Crippen LogP contribution in [0.5, 0.6) is 0 Å². The predicted molar refractivity (Wildman–Crippen MR) is 279 cm³/mol. The van der Waals surface area contributed by atoms with Crippen molar-refractivity contribution >= 4 is 46.4 Å². The van der Waals surface area contributed by atoms with Gasteiger partial charge in [0.05, 0.1) is 54.5 Å². The second-order valence-corrected chi connectivity index (χ2v) is 21.4. The zero-order valence-electron chi connectivity index (χ0n) is 42.5. The number of methoxy groups -OCH3 is 3. The van der Waals surface area contributed by atoms with E-state index in [0.717, 1.165) is 128 Å². The maximum absolute atomic E-state index is 14.4. The number of carbonyl (C=O) groups excluding carboxylic acids is 4. The standard InChI is InChI=1S/C58H68N8O7/c1-33-23-37-16-14-34(24-42(37)38-19-21-44-46(26-38)62-54(60-44)52-28-40-9-5-7-11-50(40)65(52)56(68)48(30-71-2)59-32-67)13-15-35-17-18-36(33)25-43(35)39-20-22-45-47(27-39)63-55(61-45)53-29-41-10-6-8-12-51(41)66(53)57(69)49(31-72-3)64-58(70)73-4/h14,16-22,24-27,32-33,40-41,48-53H,5-13,15,23,28-31H2,1-4H3,(H,59,67)(H,60,62)(H,61,63)(H,64,70)/t33-,40?,41?,48?,49?,50?,51?,52?,53?/m1/s1. The normalized spacial score (nSPS) is 24.4. The summed E-state index contributed by atoms with van der Waals surface area (Å²) in [5.41, 5.74) is 13.4. The highest BCUT2D eigenvalue weighted by Crippen LogP contribution is 2.48. The van der Waals surface area contributed by atoms with Crippen LogP contribution in [0.15, 0.2) is 72.8 Å². The molecule has 6 aliphatic carbocycles. The maximum atomic E-state index is 14.4. The molecule has 4 amide bonds. The topological polar surface area (TPSA) is 184 Å². The fraction of sp³-hybridized carbons (Fsp3) is 0.483. The number of benzene rings is 4. The molecule has 382 valence electrons. The van der Waals surface area contributed by atoms with Crippen LogP contribution in [0.25, 0.3) is 44.3 Å². The predicted octanol–water partition coefficient (Wildman–Crippen LogP) is 9.01.